The summed E-state index contributed by atoms with van der Waals surface area (Å²) in [7, 11) is 1.54. The van der Waals surface area contributed by atoms with Gasteiger partial charge in [-0.15, -0.1) is 0 Å². The van der Waals surface area contributed by atoms with Crippen molar-refractivity contribution in [1.82, 2.24) is 9.97 Å². The number of benzene rings is 2. The molecule has 0 atom stereocenters. The number of H-pyrrole nitrogens is 1. The minimum absolute atomic E-state index is 0.199. The van der Waals surface area contributed by atoms with Gasteiger partial charge < -0.3 is 14.5 Å². The third-order valence-electron chi connectivity index (χ3n) is 3.40. The molecule has 1 aromatic heterocycles. The van der Waals surface area contributed by atoms with Gasteiger partial charge >= 0.3 is 0 Å². The van der Waals surface area contributed by atoms with Crippen LogP contribution in [0.15, 0.2) is 41.2 Å². The summed E-state index contributed by atoms with van der Waals surface area (Å²) in [5.74, 6) is 1.39. The Morgan fingerprint density at radius 3 is 2.78 bits per heavy atom. The number of para-hydroxylation sites is 1. The quantitative estimate of drug-likeness (QED) is 0.793. The number of aromatic amines is 1. The van der Waals surface area contributed by atoms with E-state index in [9.17, 15) is 4.79 Å². The van der Waals surface area contributed by atoms with Crippen LogP contribution >= 0.6 is 11.6 Å². The monoisotopic (exact) mass is 330 g/mol. The van der Waals surface area contributed by atoms with E-state index in [-0.39, 0.29) is 5.56 Å². The van der Waals surface area contributed by atoms with Crippen molar-refractivity contribution in [2.75, 3.05) is 13.7 Å². The maximum Gasteiger partial charge on any atom is 0.259 e. The Morgan fingerprint density at radius 1 is 1.26 bits per heavy atom. The highest BCUT2D eigenvalue weighted by molar-refractivity contribution is 6.32. The number of halogens is 1. The van der Waals surface area contributed by atoms with Crippen LogP contribution in [-0.2, 0) is 0 Å². The molecule has 2 aromatic carbocycles. The molecule has 0 bridgehead atoms. The Kier molecular flexibility index (Phi) is 4.21. The molecule has 1 N–H and O–H groups in total. The fraction of sp³-hybridized carbons (Fsp3) is 0.176. The summed E-state index contributed by atoms with van der Waals surface area (Å²) in [6.07, 6.45) is 0. The van der Waals surface area contributed by atoms with E-state index in [1.165, 1.54) is 7.11 Å². The van der Waals surface area contributed by atoms with E-state index in [1.807, 2.05) is 13.0 Å². The Balaban J connectivity index is 2.19. The van der Waals surface area contributed by atoms with Gasteiger partial charge in [0.2, 0.25) is 0 Å². The number of hydrogen-bond donors (Lipinski definition) is 1. The molecule has 3 rings (SSSR count). The molecule has 0 amide bonds. The number of methoxy groups -OCH3 is 1. The largest absolute Gasteiger partial charge is 0.493 e. The first-order chi connectivity index (χ1) is 11.1. The smallest absolute Gasteiger partial charge is 0.259 e. The van der Waals surface area contributed by atoms with E-state index < -0.39 is 0 Å². The molecule has 3 aromatic rings. The van der Waals surface area contributed by atoms with Gasteiger partial charge in [-0.05, 0) is 31.2 Å². The van der Waals surface area contributed by atoms with Crippen LogP contribution in [0.1, 0.15) is 6.92 Å². The van der Waals surface area contributed by atoms with Gasteiger partial charge in [0, 0.05) is 5.56 Å². The molecule has 0 fully saturated rings. The number of nitrogens with one attached hydrogen (secondary N) is 1. The molecule has 0 saturated carbocycles. The number of rotatable bonds is 4. The van der Waals surface area contributed by atoms with Crippen LogP contribution in [0.25, 0.3) is 22.3 Å². The minimum atomic E-state index is -0.199. The van der Waals surface area contributed by atoms with Crippen molar-refractivity contribution in [3.63, 3.8) is 0 Å². The first kappa shape index (κ1) is 15.4. The number of hydrogen-bond acceptors (Lipinski definition) is 4. The summed E-state index contributed by atoms with van der Waals surface area (Å²) in [4.78, 5) is 19.5. The number of nitrogens with zero attached hydrogens (tertiary/aromatic N) is 1. The third-order valence-corrected chi connectivity index (χ3v) is 3.69. The molecule has 5 nitrogen and oxygen atoms in total. The minimum Gasteiger partial charge on any atom is -0.493 e. The zero-order valence-corrected chi connectivity index (χ0v) is 13.5. The second-order valence-corrected chi connectivity index (χ2v) is 5.26. The lowest BCUT2D eigenvalue weighted by Gasteiger charge is -2.13. The second-order valence-electron chi connectivity index (χ2n) is 4.85. The van der Waals surface area contributed by atoms with Crippen molar-refractivity contribution >= 4 is 22.5 Å². The van der Waals surface area contributed by atoms with Crippen molar-refractivity contribution in [3.8, 4) is 22.9 Å². The van der Waals surface area contributed by atoms with Crippen molar-refractivity contribution in [1.29, 1.82) is 0 Å². The molecule has 0 aliphatic carbocycles. The highest BCUT2D eigenvalue weighted by atomic mass is 35.5. The average Bonchev–Trinajstić information content (AvgIpc) is 2.56. The van der Waals surface area contributed by atoms with Gasteiger partial charge in [0.05, 0.1) is 29.6 Å². The molecule has 0 spiro atoms. The molecule has 118 valence electrons. The summed E-state index contributed by atoms with van der Waals surface area (Å²) in [6.45, 7) is 2.34. The highest BCUT2D eigenvalue weighted by Crippen LogP contribution is 2.38. The highest BCUT2D eigenvalue weighted by Gasteiger charge is 2.14. The zero-order chi connectivity index (χ0) is 16.4. The predicted octanol–water partition coefficient (Wildman–Crippen LogP) is 3.65. The Bertz CT molecular complexity index is 921. The second kappa shape index (κ2) is 6.30. The molecule has 1 heterocycles. The number of ether oxygens (including phenoxy) is 2. The molecule has 0 aliphatic heterocycles. The predicted molar refractivity (Wildman–Crippen MR) is 90.5 cm³/mol. The average molecular weight is 331 g/mol. The van der Waals surface area contributed by atoms with E-state index >= 15 is 0 Å². The maximum absolute atomic E-state index is 12.2. The number of aromatic nitrogens is 2. The fourth-order valence-corrected chi connectivity index (χ4v) is 2.63. The van der Waals surface area contributed by atoms with Crippen LogP contribution in [0, 0.1) is 0 Å². The zero-order valence-electron chi connectivity index (χ0n) is 12.7. The molecule has 6 heteroatoms. The summed E-state index contributed by atoms with van der Waals surface area (Å²) < 4.78 is 10.8. The first-order valence-corrected chi connectivity index (χ1v) is 7.51. The van der Waals surface area contributed by atoms with E-state index in [0.717, 1.165) is 0 Å². The normalized spacial score (nSPS) is 10.7. The first-order valence-electron chi connectivity index (χ1n) is 7.13. The molecular weight excluding hydrogens is 316 g/mol. The van der Waals surface area contributed by atoms with Crippen molar-refractivity contribution < 1.29 is 9.47 Å². The lowest BCUT2D eigenvalue weighted by Crippen LogP contribution is -2.09. The van der Waals surface area contributed by atoms with Crippen LogP contribution in [0.2, 0.25) is 5.02 Å². The van der Waals surface area contributed by atoms with Gasteiger partial charge in [0.1, 0.15) is 5.82 Å². The van der Waals surface area contributed by atoms with E-state index in [0.29, 0.717) is 45.4 Å². The van der Waals surface area contributed by atoms with Gasteiger partial charge in [-0.2, -0.15) is 0 Å². The summed E-state index contributed by atoms with van der Waals surface area (Å²) in [5, 5.41) is 0.942. The van der Waals surface area contributed by atoms with Gasteiger partial charge in [0.25, 0.3) is 5.56 Å². The maximum atomic E-state index is 12.2. The summed E-state index contributed by atoms with van der Waals surface area (Å²) in [5.41, 5.74) is 1.07. The Labute approximate surface area is 137 Å². The molecule has 0 aliphatic rings. The Hall–Kier alpha value is -2.53. The van der Waals surface area contributed by atoms with Crippen LogP contribution in [0.5, 0.6) is 11.5 Å². The lowest BCUT2D eigenvalue weighted by atomic mass is 10.1. The van der Waals surface area contributed by atoms with Crippen molar-refractivity contribution in [3.05, 3.63) is 51.8 Å². The Morgan fingerprint density at radius 2 is 2.04 bits per heavy atom. The van der Waals surface area contributed by atoms with Crippen LogP contribution in [-0.4, -0.2) is 23.7 Å². The van der Waals surface area contributed by atoms with Gasteiger partial charge in [-0.1, -0.05) is 23.7 Å². The number of fused-ring (bicyclic) bond motifs is 1. The van der Waals surface area contributed by atoms with Gasteiger partial charge in [-0.25, -0.2) is 4.98 Å². The summed E-state index contributed by atoms with van der Waals surface area (Å²) in [6, 6.07) is 10.6. The lowest BCUT2D eigenvalue weighted by molar-refractivity contribution is 0.311. The topological polar surface area (TPSA) is 64.2 Å². The SMILES string of the molecule is CCOc1c(Cl)cc(-c2nc3ccccc3c(=O)[nH]2)cc1OC. The third kappa shape index (κ3) is 2.87. The van der Waals surface area contributed by atoms with Crippen LogP contribution in [0.4, 0.5) is 0 Å². The molecule has 0 radical (unpaired) electrons. The fourth-order valence-electron chi connectivity index (χ4n) is 2.36. The molecule has 23 heavy (non-hydrogen) atoms. The van der Waals surface area contributed by atoms with Crippen molar-refractivity contribution in [2.45, 2.75) is 6.92 Å². The van der Waals surface area contributed by atoms with Gasteiger partial charge in [-0.3, -0.25) is 4.79 Å². The van der Waals surface area contributed by atoms with Crippen molar-refractivity contribution in [2.24, 2.45) is 0 Å². The summed E-state index contributed by atoms with van der Waals surface area (Å²) >= 11 is 6.28. The van der Waals surface area contributed by atoms with E-state index in [1.54, 1.807) is 30.3 Å². The van der Waals surface area contributed by atoms with Gasteiger partial charge in [0.15, 0.2) is 11.5 Å². The molecule has 0 unspecified atom stereocenters. The van der Waals surface area contributed by atoms with Crippen LogP contribution < -0.4 is 15.0 Å². The standard InChI is InChI=1S/C17H15ClN2O3/c1-3-23-15-12(18)8-10(9-14(15)22-2)16-19-13-7-5-4-6-11(13)17(21)20-16/h4-9H,3H2,1-2H3,(H,19,20,21). The van der Waals surface area contributed by atoms with Crippen LogP contribution in [0.3, 0.4) is 0 Å². The van der Waals surface area contributed by atoms with E-state index in [2.05, 4.69) is 9.97 Å². The molecular formula is C17H15ClN2O3. The van der Waals surface area contributed by atoms with E-state index in [4.69, 9.17) is 21.1 Å². The molecule has 0 saturated heterocycles.